The zero-order chi connectivity index (χ0) is 21.8. The summed E-state index contributed by atoms with van der Waals surface area (Å²) in [6.45, 7) is 0.982. The first-order valence-corrected chi connectivity index (χ1v) is 10.3. The Labute approximate surface area is 184 Å². The molecule has 0 aliphatic carbocycles. The van der Waals surface area contributed by atoms with Crippen molar-refractivity contribution < 1.29 is 14.3 Å². The summed E-state index contributed by atoms with van der Waals surface area (Å²) in [6.07, 6.45) is 4.53. The number of piperidine rings is 1. The molecule has 4 rings (SSSR count). The van der Waals surface area contributed by atoms with Gasteiger partial charge in [0.25, 0.3) is 5.91 Å². The maximum atomic E-state index is 12.8. The number of methoxy groups -OCH3 is 1. The molecule has 8 nitrogen and oxygen atoms in total. The lowest BCUT2D eigenvalue weighted by Crippen LogP contribution is -2.41. The number of carbonyl (C=O) groups excluding carboxylic acids is 2. The van der Waals surface area contributed by atoms with Crippen molar-refractivity contribution in [1.82, 2.24) is 20.1 Å². The van der Waals surface area contributed by atoms with Crippen LogP contribution in [0.3, 0.4) is 0 Å². The van der Waals surface area contributed by atoms with Crippen LogP contribution in [0.2, 0.25) is 5.02 Å². The fourth-order valence-corrected chi connectivity index (χ4v) is 3.79. The third-order valence-corrected chi connectivity index (χ3v) is 5.57. The first kappa shape index (κ1) is 20.9. The van der Waals surface area contributed by atoms with Gasteiger partial charge in [0.15, 0.2) is 0 Å². The van der Waals surface area contributed by atoms with E-state index < -0.39 is 0 Å². The Morgan fingerprint density at radius 2 is 2.03 bits per heavy atom. The van der Waals surface area contributed by atoms with Gasteiger partial charge in [0.1, 0.15) is 11.4 Å². The molecule has 0 unspecified atom stereocenters. The number of likely N-dealkylation sites (tertiary alicyclic amines) is 1. The number of benzene rings is 1. The van der Waals surface area contributed by atoms with Gasteiger partial charge in [0, 0.05) is 42.0 Å². The number of aromatic nitrogens is 3. The quantitative estimate of drug-likeness (QED) is 0.632. The normalized spacial score (nSPS) is 14.3. The van der Waals surface area contributed by atoms with Crippen LogP contribution in [-0.4, -0.2) is 52.1 Å². The van der Waals surface area contributed by atoms with Gasteiger partial charge in [-0.25, -0.2) is 0 Å². The van der Waals surface area contributed by atoms with Gasteiger partial charge in [0.05, 0.1) is 18.5 Å². The lowest BCUT2D eigenvalue weighted by atomic mass is 9.95. The van der Waals surface area contributed by atoms with Gasteiger partial charge in [0.2, 0.25) is 5.91 Å². The number of hydrogen-bond donors (Lipinski definition) is 2. The van der Waals surface area contributed by atoms with E-state index in [9.17, 15) is 9.59 Å². The highest BCUT2D eigenvalue weighted by Gasteiger charge is 2.29. The number of ether oxygens (including phenoxy) is 1. The standard InChI is InChI=1S/C22H22ClN5O3/c1-31-20-5-4-16(23)11-18(20)25-21(29)14-6-9-28(10-7-14)22(30)19-12-17(26-27-19)15-3-2-8-24-13-15/h2-5,8,11-14H,6-7,9-10H2,1H3,(H,25,29)(H,26,27). The highest BCUT2D eigenvalue weighted by atomic mass is 35.5. The van der Waals surface area contributed by atoms with Crippen LogP contribution < -0.4 is 10.1 Å². The third kappa shape index (κ3) is 4.69. The number of pyridine rings is 1. The second-order valence-corrected chi connectivity index (χ2v) is 7.75. The summed E-state index contributed by atoms with van der Waals surface area (Å²) >= 11 is 6.03. The van der Waals surface area contributed by atoms with Crippen molar-refractivity contribution in [3.8, 4) is 17.0 Å². The van der Waals surface area contributed by atoms with Gasteiger partial charge < -0.3 is 15.0 Å². The first-order chi connectivity index (χ1) is 15.0. The van der Waals surface area contributed by atoms with E-state index in [1.165, 1.54) is 7.11 Å². The maximum absolute atomic E-state index is 12.8. The van der Waals surface area contributed by atoms with E-state index in [0.29, 0.717) is 53.8 Å². The van der Waals surface area contributed by atoms with Gasteiger partial charge in [-0.05, 0) is 49.2 Å². The molecule has 3 aromatic rings. The molecule has 0 radical (unpaired) electrons. The summed E-state index contributed by atoms with van der Waals surface area (Å²) < 4.78 is 5.28. The number of hydrogen-bond acceptors (Lipinski definition) is 5. The van der Waals surface area contributed by atoms with Crippen molar-refractivity contribution in [3.63, 3.8) is 0 Å². The van der Waals surface area contributed by atoms with Crippen molar-refractivity contribution in [1.29, 1.82) is 0 Å². The van der Waals surface area contributed by atoms with E-state index in [-0.39, 0.29) is 17.7 Å². The monoisotopic (exact) mass is 439 g/mol. The number of anilines is 1. The predicted molar refractivity (Wildman–Crippen MR) is 117 cm³/mol. The summed E-state index contributed by atoms with van der Waals surface area (Å²) in [6, 6.07) is 10.5. The number of nitrogens with one attached hydrogen (secondary N) is 2. The van der Waals surface area contributed by atoms with Crippen LogP contribution in [-0.2, 0) is 4.79 Å². The third-order valence-electron chi connectivity index (χ3n) is 5.34. The highest BCUT2D eigenvalue weighted by molar-refractivity contribution is 6.31. The summed E-state index contributed by atoms with van der Waals surface area (Å²) in [7, 11) is 1.54. The molecule has 1 saturated heterocycles. The molecule has 31 heavy (non-hydrogen) atoms. The van der Waals surface area contributed by atoms with Crippen LogP contribution in [0.4, 0.5) is 5.69 Å². The highest BCUT2D eigenvalue weighted by Crippen LogP contribution is 2.29. The lowest BCUT2D eigenvalue weighted by molar-refractivity contribution is -0.121. The molecule has 0 atom stereocenters. The molecule has 1 aromatic carbocycles. The van der Waals surface area contributed by atoms with Crippen LogP contribution in [0.15, 0.2) is 48.8 Å². The summed E-state index contributed by atoms with van der Waals surface area (Å²) in [5.41, 5.74) is 2.47. The van der Waals surface area contributed by atoms with E-state index in [1.54, 1.807) is 41.6 Å². The molecule has 160 valence electrons. The zero-order valence-electron chi connectivity index (χ0n) is 17.0. The maximum Gasteiger partial charge on any atom is 0.271 e. The van der Waals surface area contributed by atoms with Crippen LogP contribution in [0, 0.1) is 5.92 Å². The molecule has 3 heterocycles. The van der Waals surface area contributed by atoms with E-state index in [1.807, 2.05) is 12.1 Å². The van der Waals surface area contributed by atoms with Crippen LogP contribution in [0.25, 0.3) is 11.3 Å². The van der Waals surface area contributed by atoms with Gasteiger partial charge in [-0.15, -0.1) is 0 Å². The van der Waals surface area contributed by atoms with Crippen molar-refractivity contribution in [2.24, 2.45) is 5.92 Å². The Bertz CT molecular complexity index is 1080. The predicted octanol–water partition coefficient (Wildman–Crippen LogP) is 3.62. The number of halogens is 1. The first-order valence-electron chi connectivity index (χ1n) is 9.94. The molecule has 2 N–H and O–H groups in total. The topological polar surface area (TPSA) is 100 Å². The fourth-order valence-electron chi connectivity index (χ4n) is 3.62. The second-order valence-electron chi connectivity index (χ2n) is 7.31. The molecule has 2 amide bonds. The van der Waals surface area contributed by atoms with E-state index >= 15 is 0 Å². The number of carbonyl (C=O) groups is 2. The van der Waals surface area contributed by atoms with Gasteiger partial charge >= 0.3 is 0 Å². The molecule has 1 aliphatic rings. The van der Waals surface area contributed by atoms with Crippen LogP contribution in [0.5, 0.6) is 5.75 Å². The Balaban J connectivity index is 1.35. The molecular weight excluding hydrogens is 418 g/mol. The molecule has 1 fully saturated rings. The smallest absolute Gasteiger partial charge is 0.271 e. The average molecular weight is 440 g/mol. The largest absolute Gasteiger partial charge is 0.495 e. The SMILES string of the molecule is COc1ccc(Cl)cc1NC(=O)C1CCN(C(=O)c2cc(-c3cccnc3)n[nH]2)CC1. The molecular formula is C22H22ClN5O3. The van der Waals surface area contributed by atoms with Crippen molar-refractivity contribution >= 4 is 29.1 Å². The van der Waals surface area contributed by atoms with Gasteiger partial charge in [-0.1, -0.05) is 11.6 Å². The Morgan fingerprint density at radius 1 is 1.23 bits per heavy atom. The van der Waals surface area contributed by atoms with Crippen molar-refractivity contribution in [3.05, 3.63) is 59.5 Å². The van der Waals surface area contributed by atoms with Crippen molar-refractivity contribution in [2.75, 3.05) is 25.5 Å². The number of rotatable bonds is 5. The van der Waals surface area contributed by atoms with Gasteiger partial charge in [-0.2, -0.15) is 5.10 Å². The summed E-state index contributed by atoms with van der Waals surface area (Å²) in [5.74, 6) is 0.126. The number of aromatic amines is 1. The molecule has 9 heteroatoms. The number of amides is 2. The minimum Gasteiger partial charge on any atom is -0.495 e. The number of nitrogens with zero attached hydrogens (tertiary/aromatic N) is 3. The average Bonchev–Trinajstić information content (AvgIpc) is 3.30. The van der Waals surface area contributed by atoms with E-state index in [2.05, 4.69) is 20.5 Å². The minimum absolute atomic E-state index is 0.104. The molecule has 1 aliphatic heterocycles. The lowest BCUT2D eigenvalue weighted by Gasteiger charge is -2.31. The van der Waals surface area contributed by atoms with Gasteiger partial charge in [-0.3, -0.25) is 19.7 Å². The summed E-state index contributed by atoms with van der Waals surface area (Å²) in [5, 5.41) is 10.4. The van der Waals surface area contributed by atoms with Crippen LogP contribution in [0.1, 0.15) is 23.3 Å². The Morgan fingerprint density at radius 3 is 2.74 bits per heavy atom. The Kier molecular flexibility index (Phi) is 6.18. The molecule has 0 saturated carbocycles. The van der Waals surface area contributed by atoms with Crippen LogP contribution >= 0.6 is 11.6 Å². The minimum atomic E-state index is -0.194. The van der Waals surface area contributed by atoms with Crippen molar-refractivity contribution in [2.45, 2.75) is 12.8 Å². The number of H-pyrrole nitrogens is 1. The zero-order valence-corrected chi connectivity index (χ0v) is 17.7. The second kappa shape index (κ2) is 9.18. The Hall–Kier alpha value is -3.39. The fraction of sp³-hybridized carbons (Fsp3) is 0.273. The molecule has 0 spiro atoms. The van der Waals surface area contributed by atoms with E-state index in [0.717, 1.165) is 5.56 Å². The molecule has 0 bridgehead atoms. The summed E-state index contributed by atoms with van der Waals surface area (Å²) in [4.78, 5) is 31.4. The molecule has 2 aromatic heterocycles. The van der Waals surface area contributed by atoms with E-state index in [4.69, 9.17) is 16.3 Å².